The van der Waals surface area contributed by atoms with Crippen molar-refractivity contribution in [1.82, 2.24) is 0 Å². The molecular weight excluding hydrogens is 354 g/mol. The van der Waals surface area contributed by atoms with Crippen molar-refractivity contribution in [2.24, 2.45) is 5.11 Å². The van der Waals surface area contributed by atoms with Gasteiger partial charge in [0.15, 0.2) is 6.29 Å². The zero-order valence-electron chi connectivity index (χ0n) is 16.0. The summed E-state index contributed by atoms with van der Waals surface area (Å²) in [6, 6.07) is 0. The van der Waals surface area contributed by atoms with Crippen molar-refractivity contribution >= 4 is 0 Å². The van der Waals surface area contributed by atoms with Crippen molar-refractivity contribution in [3.8, 4) is 11.8 Å². The number of nitrogens with zero attached hydrogens (tertiary/aromatic N) is 3. The van der Waals surface area contributed by atoms with E-state index in [-0.39, 0.29) is 6.29 Å². The molecule has 27 heavy (non-hydrogen) atoms. The van der Waals surface area contributed by atoms with Gasteiger partial charge < -0.3 is 28.4 Å². The van der Waals surface area contributed by atoms with Crippen LogP contribution in [-0.4, -0.2) is 78.9 Å². The van der Waals surface area contributed by atoms with Crippen LogP contribution in [0.3, 0.4) is 0 Å². The van der Waals surface area contributed by atoms with Gasteiger partial charge in [-0.2, -0.15) is 0 Å². The Morgan fingerprint density at radius 3 is 2.19 bits per heavy atom. The molecule has 1 fully saturated rings. The van der Waals surface area contributed by atoms with E-state index in [1.54, 1.807) is 0 Å². The van der Waals surface area contributed by atoms with Crippen molar-refractivity contribution in [1.29, 1.82) is 0 Å². The molecule has 0 aromatic heterocycles. The second-order valence-corrected chi connectivity index (χ2v) is 5.61. The highest BCUT2D eigenvalue weighted by Gasteiger charge is 2.12. The predicted molar refractivity (Wildman–Crippen MR) is 99.2 cm³/mol. The third kappa shape index (κ3) is 16.5. The number of hydrogen-bond donors (Lipinski definition) is 0. The van der Waals surface area contributed by atoms with Crippen LogP contribution in [0.4, 0.5) is 0 Å². The molecule has 1 unspecified atom stereocenters. The van der Waals surface area contributed by atoms with Crippen LogP contribution in [0.1, 0.15) is 25.7 Å². The standard InChI is InChI=1S/C18H31N3O6/c19-21-20-7-11-23-13-15-25-17-16-24-14-12-22-8-3-1-4-9-26-18-6-2-5-10-27-18/h18H,2-3,5-17H2. The van der Waals surface area contributed by atoms with Crippen molar-refractivity contribution in [3.63, 3.8) is 0 Å². The van der Waals surface area contributed by atoms with Crippen LogP contribution in [-0.2, 0) is 28.4 Å². The summed E-state index contributed by atoms with van der Waals surface area (Å²) in [6.45, 7) is 5.59. The minimum atomic E-state index is -0.0814. The molecule has 154 valence electrons. The fourth-order valence-corrected chi connectivity index (χ4v) is 2.15. The Kier molecular flexibility index (Phi) is 17.0. The third-order valence-electron chi connectivity index (χ3n) is 3.49. The first kappa shape index (κ1) is 23.7. The van der Waals surface area contributed by atoms with E-state index < -0.39 is 0 Å². The van der Waals surface area contributed by atoms with Crippen molar-refractivity contribution < 1.29 is 28.4 Å². The largest absolute Gasteiger partial charge is 0.379 e. The van der Waals surface area contributed by atoms with Gasteiger partial charge in [0.1, 0.15) is 6.61 Å². The van der Waals surface area contributed by atoms with Crippen molar-refractivity contribution in [2.45, 2.75) is 32.0 Å². The van der Waals surface area contributed by atoms with Crippen LogP contribution in [0.2, 0.25) is 0 Å². The molecule has 0 spiro atoms. The molecule has 0 aromatic carbocycles. The Morgan fingerprint density at radius 2 is 1.56 bits per heavy atom. The van der Waals surface area contributed by atoms with E-state index in [2.05, 4.69) is 21.9 Å². The highest BCUT2D eigenvalue weighted by atomic mass is 16.7. The van der Waals surface area contributed by atoms with Gasteiger partial charge in [-0.1, -0.05) is 17.0 Å². The van der Waals surface area contributed by atoms with E-state index in [0.29, 0.717) is 72.4 Å². The van der Waals surface area contributed by atoms with Gasteiger partial charge in [0.05, 0.1) is 52.9 Å². The Morgan fingerprint density at radius 1 is 0.889 bits per heavy atom. The normalized spacial score (nSPS) is 16.4. The summed E-state index contributed by atoms with van der Waals surface area (Å²) in [5, 5.41) is 3.36. The predicted octanol–water partition coefficient (Wildman–Crippen LogP) is 2.30. The maximum Gasteiger partial charge on any atom is 0.158 e. The van der Waals surface area contributed by atoms with E-state index in [9.17, 15) is 0 Å². The average Bonchev–Trinajstić information content (AvgIpc) is 2.70. The molecule has 9 nitrogen and oxygen atoms in total. The first-order valence-electron chi connectivity index (χ1n) is 9.44. The van der Waals surface area contributed by atoms with Gasteiger partial charge in [-0.15, -0.1) is 0 Å². The molecule has 0 N–H and O–H groups in total. The minimum absolute atomic E-state index is 0.0814. The van der Waals surface area contributed by atoms with Crippen LogP contribution in [0.25, 0.3) is 10.4 Å². The van der Waals surface area contributed by atoms with Crippen molar-refractivity contribution in [2.75, 3.05) is 72.6 Å². The van der Waals surface area contributed by atoms with Gasteiger partial charge in [0.25, 0.3) is 0 Å². The van der Waals surface area contributed by atoms with Gasteiger partial charge in [-0.05, 0) is 24.8 Å². The smallest absolute Gasteiger partial charge is 0.158 e. The van der Waals surface area contributed by atoms with Gasteiger partial charge in [-0.3, -0.25) is 0 Å². The fraction of sp³-hybridized carbons (Fsp3) is 0.889. The zero-order valence-corrected chi connectivity index (χ0v) is 16.0. The molecular formula is C18H31N3O6. The fourth-order valence-electron chi connectivity index (χ4n) is 2.15. The Hall–Kier alpha value is -1.37. The summed E-state index contributed by atoms with van der Waals surface area (Å²) in [5.41, 5.74) is 8.08. The van der Waals surface area contributed by atoms with Crippen molar-refractivity contribution in [3.05, 3.63) is 10.4 Å². The lowest BCUT2D eigenvalue weighted by Gasteiger charge is -2.21. The topological polar surface area (TPSA) is 104 Å². The van der Waals surface area contributed by atoms with Crippen LogP contribution < -0.4 is 0 Å². The maximum atomic E-state index is 8.08. The molecule has 1 aliphatic rings. The summed E-state index contributed by atoms with van der Waals surface area (Å²) >= 11 is 0. The zero-order chi connectivity index (χ0) is 19.3. The van der Waals surface area contributed by atoms with E-state index in [1.165, 1.54) is 0 Å². The molecule has 1 saturated heterocycles. The number of hydrogen-bond acceptors (Lipinski definition) is 7. The Bertz CT molecular complexity index is 442. The monoisotopic (exact) mass is 385 g/mol. The molecule has 1 heterocycles. The number of ether oxygens (including phenoxy) is 6. The van der Waals surface area contributed by atoms with Gasteiger partial charge >= 0.3 is 0 Å². The van der Waals surface area contributed by atoms with Gasteiger partial charge in [0.2, 0.25) is 0 Å². The lowest BCUT2D eigenvalue weighted by Crippen LogP contribution is -2.22. The lowest BCUT2D eigenvalue weighted by atomic mass is 10.2. The first-order valence-corrected chi connectivity index (χ1v) is 9.44. The molecule has 1 atom stereocenters. The van der Waals surface area contributed by atoms with Gasteiger partial charge in [-0.25, -0.2) is 0 Å². The van der Waals surface area contributed by atoms with E-state index >= 15 is 0 Å². The Balaban J connectivity index is 1.72. The molecule has 0 radical (unpaired) electrons. The summed E-state index contributed by atoms with van der Waals surface area (Å²) in [4.78, 5) is 2.63. The van der Waals surface area contributed by atoms with Crippen LogP contribution in [0.5, 0.6) is 0 Å². The van der Waals surface area contributed by atoms with Crippen LogP contribution >= 0.6 is 0 Å². The number of azide groups is 1. The molecule has 9 heteroatoms. The second kappa shape index (κ2) is 19.4. The molecule has 0 aliphatic carbocycles. The Labute approximate surface area is 161 Å². The molecule has 1 rings (SSSR count). The maximum absolute atomic E-state index is 8.08. The van der Waals surface area contributed by atoms with E-state index in [1.807, 2.05) is 0 Å². The molecule has 0 saturated carbocycles. The summed E-state index contributed by atoms with van der Waals surface area (Å²) in [5.74, 6) is 5.99. The minimum Gasteiger partial charge on any atom is -0.379 e. The summed E-state index contributed by atoms with van der Waals surface area (Å²) < 4.78 is 32.3. The summed E-state index contributed by atoms with van der Waals surface area (Å²) in [7, 11) is 0. The molecule has 0 bridgehead atoms. The van der Waals surface area contributed by atoms with E-state index in [4.69, 9.17) is 34.0 Å². The average molecular weight is 385 g/mol. The van der Waals surface area contributed by atoms with Crippen LogP contribution in [0, 0.1) is 11.8 Å². The highest BCUT2D eigenvalue weighted by Crippen LogP contribution is 2.12. The lowest BCUT2D eigenvalue weighted by molar-refractivity contribution is -0.154. The molecule has 0 amide bonds. The SMILES string of the molecule is [N-]=[N+]=NCCOCCOCCOCCOCCC#CCOC1CCCCO1. The number of rotatable bonds is 16. The van der Waals surface area contributed by atoms with Gasteiger partial charge in [0, 0.05) is 24.5 Å². The highest BCUT2D eigenvalue weighted by molar-refractivity contribution is 4.98. The first-order chi connectivity index (χ1) is 13.4. The summed E-state index contributed by atoms with van der Waals surface area (Å²) in [6.07, 6.45) is 3.84. The molecule has 0 aromatic rings. The third-order valence-corrected chi connectivity index (χ3v) is 3.49. The van der Waals surface area contributed by atoms with E-state index in [0.717, 1.165) is 25.9 Å². The second-order valence-electron chi connectivity index (χ2n) is 5.61. The quantitative estimate of drug-likeness (QED) is 0.133. The molecule has 1 aliphatic heterocycles. The van der Waals surface area contributed by atoms with Crippen LogP contribution in [0.15, 0.2) is 5.11 Å².